The summed E-state index contributed by atoms with van der Waals surface area (Å²) in [4.78, 5) is 16.2. The van der Waals surface area contributed by atoms with E-state index < -0.39 is 0 Å². The Morgan fingerprint density at radius 1 is 1.28 bits per heavy atom. The standard InChI is InChI=1S/C18H28N4O2.HI/c1-14-6-4-7-15(12-14)16(23)20-9-10-21-17(19-3)22-13-18(2)8-5-11-24-18;/h4,6-7,12H,5,8-11,13H2,1-3H3,(H,20,23)(H2,19,21,22);1H. The van der Waals surface area contributed by atoms with E-state index in [1.165, 1.54) is 0 Å². The summed E-state index contributed by atoms with van der Waals surface area (Å²) in [5, 5.41) is 9.38. The minimum atomic E-state index is -0.114. The van der Waals surface area contributed by atoms with Gasteiger partial charge in [-0.2, -0.15) is 0 Å². The number of carbonyl (C=O) groups is 1. The molecule has 1 amide bonds. The van der Waals surface area contributed by atoms with E-state index in [0.29, 0.717) is 18.7 Å². The molecule has 1 fully saturated rings. The van der Waals surface area contributed by atoms with Gasteiger partial charge in [0.1, 0.15) is 0 Å². The van der Waals surface area contributed by atoms with Crippen LogP contribution in [0.1, 0.15) is 35.7 Å². The Kier molecular flexibility index (Phi) is 9.20. The number of halogens is 1. The number of benzene rings is 1. The van der Waals surface area contributed by atoms with Gasteiger partial charge in [-0.25, -0.2) is 0 Å². The molecule has 25 heavy (non-hydrogen) atoms. The summed E-state index contributed by atoms with van der Waals surface area (Å²) in [5.74, 6) is 0.659. The molecule has 0 bridgehead atoms. The molecule has 1 aromatic rings. The number of ether oxygens (including phenoxy) is 1. The van der Waals surface area contributed by atoms with E-state index in [0.717, 1.165) is 37.5 Å². The van der Waals surface area contributed by atoms with Gasteiger partial charge in [0.25, 0.3) is 5.91 Å². The van der Waals surface area contributed by atoms with Gasteiger partial charge >= 0.3 is 0 Å². The number of hydrogen-bond acceptors (Lipinski definition) is 3. The quantitative estimate of drug-likeness (QED) is 0.263. The average molecular weight is 460 g/mol. The van der Waals surface area contributed by atoms with Crippen LogP contribution < -0.4 is 16.0 Å². The second-order valence-electron chi connectivity index (χ2n) is 6.38. The molecule has 7 heteroatoms. The van der Waals surface area contributed by atoms with Crippen molar-refractivity contribution in [1.82, 2.24) is 16.0 Å². The third kappa shape index (κ3) is 7.19. The second-order valence-corrected chi connectivity index (χ2v) is 6.38. The van der Waals surface area contributed by atoms with Crippen molar-refractivity contribution >= 4 is 35.8 Å². The number of nitrogens with zero attached hydrogens (tertiary/aromatic N) is 1. The highest BCUT2D eigenvalue weighted by Crippen LogP contribution is 2.23. The molecule has 0 saturated carbocycles. The van der Waals surface area contributed by atoms with Crippen molar-refractivity contribution in [3.05, 3.63) is 35.4 Å². The number of aliphatic imine (C=N–C) groups is 1. The highest BCUT2D eigenvalue weighted by atomic mass is 127. The van der Waals surface area contributed by atoms with Crippen molar-refractivity contribution in [3.63, 3.8) is 0 Å². The van der Waals surface area contributed by atoms with Crippen LogP contribution in [0.4, 0.5) is 0 Å². The van der Waals surface area contributed by atoms with Gasteiger partial charge in [-0.1, -0.05) is 17.7 Å². The van der Waals surface area contributed by atoms with Crippen molar-refractivity contribution in [2.45, 2.75) is 32.3 Å². The van der Waals surface area contributed by atoms with E-state index in [1.54, 1.807) is 7.05 Å². The fourth-order valence-corrected chi connectivity index (χ4v) is 2.71. The molecule has 1 saturated heterocycles. The summed E-state index contributed by atoms with van der Waals surface area (Å²) in [7, 11) is 1.73. The predicted octanol–water partition coefficient (Wildman–Crippen LogP) is 2.08. The number of guanidine groups is 1. The molecule has 3 N–H and O–H groups in total. The largest absolute Gasteiger partial charge is 0.373 e. The third-order valence-electron chi connectivity index (χ3n) is 4.14. The first-order valence-corrected chi connectivity index (χ1v) is 8.46. The first-order chi connectivity index (χ1) is 11.5. The second kappa shape index (κ2) is 10.6. The molecular weight excluding hydrogens is 431 g/mol. The maximum Gasteiger partial charge on any atom is 0.251 e. The monoisotopic (exact) mass is 460 g/mol. The van der Waals surface area contributed by atoms with Crippen molar-refractivity contribution in [1.29, 1.82) is 0 Å². The Hall–Kier alpha value is -1.35. The molecule has 6 nitrogen and oxygen atoms in total. The predicted molar refractivity (Wildman–Crippen MR) is 112 cm³/mol. The number of rotatable bonds is 6. The molecule has 0 spiro atoms. The molecule has 1 atom stereocenters. The van der Waals surface area contributed by atoms with E-state index in [-0.39, 0.29) is 35.5 Å². The summed E-state index contributed by atoms with van der Waals surface area (Å²) in [5.41, 5.74) is 1.65. The highest BCUT2D eigenvalue weighted by Gasteiger charge is 2.29. The van der Waals surface area contributed by atoms with Crippen LogP contribution in [-0.2, 0) is 4.74 Å². The lowest BCUT2D eigenvalue weighted by molar-refractivity contribution is 0.0243. The van der Waals surface area contributed by atoms with Gasteiger partial charge in [-0.15, -0.1) is 24.0 Å². The smallest absolute Gasteiger partial charge is 0.251 e. The molecule has 0 aliphatic carbocycles. The lowest BCUT2D eigenvalue weighted by atomic mass is 10.0. The third-order valence-corrected chi connectivity index (χ3v) is 4.14. The fourth-order valence-electron chi connectivity index (χ4n) is 2.71. The summed E-state index contributed by atoms with van der Waals surface area (Å²) in [6.07, 6.45) is 2.17. The minimum Gasteiger partial charge on any atom is -0.373 e. The normalized spacial score (nSPS) is 19.9. The summed E-state index contributed by atoms with van der Waals surface area (Å²) in [6.45, 7) is 6.78. The maximum atomic E-state index is 12.1. The van der Waals surface area contributed by atoms with Gasteiger partial charge in [0.15, 0.2) is 5.96 Å². The Morgan fingerprint density at radius 3 is 2.68 bits per heavy atom. The Balaban J connectivity index is 0.00000312. The molecular formula is C18H29IN4O2. The zero-order valence-electron chi connectivity index (χ0n) is 15.2. The van der Waals surface area contributed by atoms with Crippen LogP contribution in [0.3, 0.4) is 0 Å². The molecule has 140 valence electrons. The Labute approximate surface area is 167 Å². The van der Waals surface area contributed by atoms with Crippen LogP contribution in [0.25, 0.3) is 0 Å². The summed E-state index contributed by atoms with van der Waals surface area (Å²) < 4.78 is 5.75. The van der Waals surface area contributed by atoms with Crippen LogP contribution in [0.5, 0.6) is 0 Å². The molecule has 0 aromatic heterocycles. The summed E-state index contributed by atoms with van der Waals surface area (Å²) >= 11 is 0. The zero-order valence-corrected chi connectivity index (χ0v) is 17.6. The topological polar surface area (TPSA) is 74.8 Å². The molecule has 2 rings (SSSR count). The number of hydrogen-bond donors (Lipinski definition) is 3. The number of carbonyl (C=O) groups excluding carboxylic acids is 1. The zero-order chi connectivity index (χ0) is 17.4. The van der Waals surface area contributed by atoms with Gasteiger partial charge < -0.3 is 20.7 Å². The molecule has 1 aliphatic heterocycles. The van der Waals surface area contributed by atoms with Crippen LogP contribution in [0.2, 0.25) is 0 Å². The van der Waals surface area contributed by atoms with Gasteiger partial charge in [0, 0.05) is 38.9 Å². The molecule has 0 radical (unpaired) electrons. The fraction of sp³-hybridized carbons (Fsp3) is 0.556. The van der Waals surface area contributed by atoms with Crippen molar-refractivity contribution in [2.75, 3.05) is 33.3 Å². The maximum absolute atomic E-state index is 12.1. The Bertz CT molecular complexity index is 586. The van der Waals surface area contributed by atoms with Crippen molar-refractivity contribution < 1.29 is 9.53 Å². The number of nitrogens with one attached hydrogen (secondary N) is 3. The van der Waals surface area contributed by atoms with E-state index in [2.05, 4.69) is 27.9 Å². The highest BCUT2D eigenvalue weighted by molar-refractivity contribution is 14.0. The van der Waals surface area contributed by atoms with Gasteiger partial charge in [-0.05, 0) is 38.8 Å². The van der Waals surface area contributed by atoms with Crippen LogP contribution >= 0.6 is 24.0 Å². The van der Waals surface area contributed by atoms with E-state index >= 15 is 0 Å². The van der Waals surface area contributed by atoms with Crippen molar-refractivity contribution in [3.8, 4) is 0 Å². The van der Waals surface area contributed by atoms with Crippen LogP contribution in [0.15, 0.2) is 29.3 Å². The first kappa shape index (κ1) is 21.7. The van der Waals surface area contributed by atoms with Gasteiger partial charge in [-0.3, -0.25) is 9.79 Å². The van der Waals surface area contributed by atoms with E-state index in [4.69, 9.17) is 4.74 Å². The first-order valence-electron chi connectivity index (χ1n) is 8.46. The molecule has 1 unspecified atom stereocenters. The number of aryl methyl sites for hydroxylation is 1. The molecule has 1 aliphatic rings. The minimum absolute atomic E-state index is 0. The van der Waals surface area contributed by atoms with Crippen LogP contribution in [-0.4, -0.2) is 50.8 Å². The average Bonchev–Trinajstić information content (AvgIpc) is 3.01. The van der Waals surface area contributed by atoms with Crippen LogP contribution in [0, 0.1) is 6.92 Å². The van der Waals surface area contributed by atoms with Gasteiger partial charge in [0.05, 0.1) is 5.60 Å². The molecule has 1 aromatic carbocycles. The van der Waals surface area contributed by atoms with Gasteiger partial charge in [0.2, 0.25) is 0 Å². The lowest BCUT2D eigenvalue weighted by Gasteiger charge is -2.24. The van der Waals surface area contributed by atoms with Crippen molar-refractivity contribution in [2.24, 2.45) is 4.99 Å². The SMILES string of the molecule is CN=C(NCCNC(=O)c1cccc(C)c1)NCC1(C)CCCO1.I. The summed E-state index contributed by atoms with van der Waals surface area (Å²) in [6, 6.07) is 7.56. The van der Waals surface area contributed by atoms with E-state index in [9.17, 15) is 4.79 Å². The van der Waals surface area contributed by atoms with E-state index in [1.807, 2.05) is 31.2 Å². The molecule has 1 heterocycles. The number of amides is 1. The Morgan fingerprint density at radius 2 is 2.04 bits per heavy atom. The lowest BCUT2D eigenvalue weighted by Crippen LogP contribution is -2.47.